The second-order valence-electron chi connectivity index (χ2n) is 3.78. The van der Waals surface area contributed by atoms with Gasteiger partial charge in [0.1, 0.15) is 13.2 Å². The van der Waals surface area contributed by atoms with E-state index in [1.165, 1.54) is 0 Å². The van der Waals surface area contributed by atoms with E-state index >= 15 is 0 Å². The van der Waals surface area contributed by atoms with Crippen LogP contribution in [-0.4, -0.2) is 32.3 Å². The van der Waals surface area contributed by atoms with Gasteiger partial charge in [0.15, 0.2) is 11.5 Å². The number of terminal acetylenes is 2. The van der Waals surface area contributed by atoms with E-state index < -0.39 is 0 Å². The van der Waals surface area contributed by atoms with Gasteiger partial charge in [-0.2, -0.15) is 0 Å². The van der Waals surface area contributed by atoms with Crippen molar-refractivity contribution >= 4 is 17.3 Å². The summed E-state index contributed by atoms with van der Waals surface area (Å²) in [7, 11) is 3.51. The Morgan fingerprint density at radius 2 is 1.85 bits per heavy atom. The van der Waals surface area contributed by atoms with Gasteiger partial charge in [0, 0.05) is 20.2 Å². The van der Waals surface area contributed by atoms with E-state index in [0.29, 0.717) is 22.2 Å². The van der Waals surface area contributed by atoms with Gasteiger partial charge in [-0.3, -0.25) is 5.01 Å². The molecule has 0 saturated carbocycles. The predicted molar refractivity (Wildman–Crippen MR) is 78.3 cm³/mol. The third kappa shape index (κ3) is 4.72. The Bertz CT molecular complexity index is 571. The van der Waals surface area contributed by atoms with Crippen LogP contribution in [0.25, 0.3) is 0 Å². The molecule has 0 aliphatic rings. The molecule has 20 heavy (non-hydrogen) atoms. The first-order valence-corrected chi connectivity index (χ1v) is 6.01. The van der Waals surface area contributed by atoms with Crippen LogP contribution < -0.4 is 9.47 Å². The second-order valence-corrected chi connectivity index (χ2v) is 4.18. The molecule has 0 radical (unpaired) electrons. The smallest absolute Gasteiger partial charge is 0.181 e. The zero-order valence-electron chi connectivity index (χ0n) is 11.3. The average molecular weight is 292 g/mol. The maximum Gasteiger partial charge on any atom is 0.181 e. The van der Waals surface area contributed by atoms with Gasteiger partial charge in [0.05, 0.1) is 10.7 Å². The lowest BCUT2D eigenvalue weighted by molar-refractivity contribution is 0.315. The van der Waals surface area contributed by atoms with Crippen molar-refractivity contribution in [3.8, 4) is 36.2 Å². The van der Waals surface area contributed by atoms with Gasteiger partial charge < -0.3 is 9.47 Å². The molecule has 0 atom stereocenters. The number of nitrogens with zero attached hydrogens (tertiary/aromatic N) is 3. The molecule has 0 aliphatic carbocycles. The summed E-state index contributed by atoms with van der Waals surface area (Å²) in [6.07, 6.45) is 10.3. The highest BCUT2D eigenvalue weighted by molar-refractivity contribution is 6.32. The molecule has 0 aliphatic heterocycles. The van der Waals surface area contributed by atoms with Crippen LogP contribution in [0.5, 0.6) is 11.5 Å². The highest BCUT2D eigenvalue weighted by Gasteiger charge is 2.12. The number of benzene rings is 1. The van der Waals surface area contributed by atoms with Crippen LogP contribution in [0.3, 0.4) is 0 Å². The van der Waals surface area contributed by atoms with Crippen LogP contribution in [0, 0.1) is 24.7 Å². The summed E-state index contributed by atoms with van der Waals surface area (Å²) in [5.74, 6) is 5.43. The molecule has 0 saturated heterocycles. The van der Waals surface area contributed by atoms with Crippen LogP contribution in [0.15, 0.2) is 22.5 Å². The monoisotopic (exact) mass is 291 g/mol. The molecule has 0 bridgehead atoms. The first kappa shape index (κ1) is 15.7. The van der Waals surface area contributed by atoms with Crippen molar-refractivity contribution in [3.63, 3.8) is 0 Å². The van der Waals surface area contributed by atoms with E-state index in [2.05, 4.69) is 22.2 Å². The minimum Gasteiger partial charge on any atom is -0.477 e. The second kappa shape index (κ2) is 7.93. The Kier molecular flexibility index (Phi) is 6.22. The maximum absolute atomic E-state index is 6.12. The molecule has 0 unspecified atom stereocenters. The van der Waals surface area contributed by atoms with Gasteiger partial charge in [-0.05, 0) is 6.07 Å². The van der Waals surface area contributed by atoms with Gasteiger partial charge in [0.2, 0.25) is 0 Å². The quantitative estimate of drug-likeness (QED) is 0.460. The lowest BCUT2D eigenvalue weighted by Crippen LogP contribution is -2.01. The lowest BCUT2D eigenvalue weighted by Gasteiger charge is -2.12. The van der Waals surface area contributed by atoms with Crippen molar-refractivity contribution in [1.82, 2.24) is 5.01 Å². The molecule has 1 aromatic rings. The summed E-state index contributed by atoms with van der Waals surface area (Å²) in [6.45, 7) is 0.154. The zero-order valence-corrected chi connectivity index (χ0v) is 12.0. The Morgan fingerprint density at radius 1 is 1.20 bits per heavy atom. The molecule has 6 heteroatoms. The van der Waals surface area contributed by atoms with E-state index in [4.69, 9.17) is 33.9 Å². The number of ether oxygens (including phenoxy) is 2. The molecule has 0 aromatic heterocycles. The number of hydrogen-bond acceptors (Lipinski definition) is 4. The summed E-state index contributed by atoms with van der Waals surface area (Å²) in [4.78, 5) is 0. The Labute approximate surface area is 123 Å². The van der Waals surface area contributed by atoms with Crippen molar-refractivity contribution < 1.29 is 9.47 Å². The molecule has 0 heterocycles. The molecular formula is C14H14ClN3O2. The van der Waals surface area contributed by atoms with E-state index in [9.17, 15) is 0 Å². The number of halogens is 1. The van der Waals surface area contributed by atoms with Crippen molar-refractivity contribution in [2.24, 2.45) is 10.3 Å². The maximum atomic E-state index is 6.12. The zero-order chi connectivity index (χ0) is 15.0. The summed E-state index contributed by atoms with van der Waals surface area (Å²) >= 11 is 6.12. The SMILES string of the molecule is C#CCOc1cc(N=NN(C)C)cc(Cl)c1OCC#C. The van der Waals surface area contributed by atoms with Crippen LogP contribution in [0.4, 0.5) is 5.69 Å². The average Bonchev–Trinajstić information content (AvgIpc) is 2.41. The van der Waals surface area contributed by atoms with E-state index in [0.717, 1.165) is 0 Å². The minimum absolute atomic E-state index is 0.0741. The van der Waals surface area contributed by atoms with Gasteiger partial charge in [-0.1, -0.05) is 28.7 Å². The number of hydrogen-bond donors (Lipinski definition) is 0. The fourth-order valence-electron chi connectivity index (χ4n) is 1.23. The third-order valence-corrected chi connectivity index (χ3v) is 2.22. The molecule has 5 nitrogen and oxygen atoms in total. The van der Waals surface area contributed by atoms with Gasteiger partial charge in [-0.25, -0.2) is 0 Å². The van der Waals surface area contributed by atoms with Crippen LogP contribution in [0.2, 0.25) is 5.02 Å². The van der Waals surface area contributed by atoms with Crippen molar-refractivity contribution in [1.29, 1.82) is 0 Å². The third-order valence-electron chi connectivity index (χ3n) is 1.94. The standard InChI is InChI=1S/C14H14ClN3O2/c1-5-7-19-13-10-11(16-17-18(3)4)9-12(15)14(13)20-8-6-2/h1-2,9-10H,7-8H2,3-4H3. The highest BCUT2D eigenvalue weighted by atomic mass is 35.5. The van der Waals surface area contributed by atoms with Crippen molar-refractivity contribution in [2.45, 2.75) is 0 Å². The first-order valence-electron chi connectivity index (χ1n) is 5.63. The molecule has 104 valence electrons. The summed E-state index contributed by atoms with van der Waals surface area (Å²) in [5.41, 5.74) is 0.517. The minimum atomic E-state index is 0.0741. The molecule has 0 fully saturated rings. The summed E-state index contributed by atoms with van der Waals surface area (Å²) < 4.78 is 10.7. The predicted octanol–water partition coefficient (Wildman–Crippen LogP) is 2.92. The highest BCUT2D eigenvalue weighted by Crippen LogP contribution is 2.39. The Balaban J connectivity index is 3.12. The lowest BCUT2D eigenvalue weighted by atomic mass is 10.3. The van der Waals surface area contributed by atoms with Crippen molar-refractivity contribution in [2.75, 3.05) is 27.3 Å². The normalized spacial score (nSPS) is 9.85. The van der Waals surface area contributed by atoms with Gasteiger partial charge >= 0.3 is 0 Å². The molecule has 0 spiro atoms. The molecule has 0 amide bonds. The Morgan fingerprint density at radius 3 is 2.45 bits per heavy atom. The molecule has 0 N–H and O–H groups in total. The Hall–Kier alpha value is -2.37. The topological polar surface area (TPSA) is 46.4 Å². The van der Waals surface area contributed by atoms with Crippen LogP contribution in [-0.2, 0) is 0 Å². The number of rotatable bonds is 6. The summed E-state index contributed by atoms with van der Waals surface area (Å²) in [6, 6.07) is 3.23. The fraction of sp³-hybridized carbons (Fsp3) is 0.286. The van der Waals surface area contributed by atoms with E-state index in [1.807, 2.05) is 0 Å². The van der Waals surface area contributed by atoms with E-state index in [-0.39, 0.29) is 13.2 Å². The van der Waals surface area contributed by atoms with Gasteiger partial charge in [-0.15, -0.1) is 18.0 Å². The fourth-order valence-corrected chi connectivity index (χ4v) is 1.49. The summed E-state index contributed by atoms with van der Waals surface area (Å²) in [5, 5.41) is 9.75. The van der Waals surface area contributed by atoms with Crippen LogP contribution >= 0.6 is 11.6 Å². The molecule has 1 rings (SSSR count). The van der Waals surface area contributed by atoms with E-state index in [1.54, 1.807) is 31.2 Å². The van der Waals surface area contributed by atoms with Crippen LogP contribution in [0.1, 0.15) is 0 Å². The largest absolute Gasteiger partial charge is 0.477 e. The molecule has 1 aromatic carbocycles. The molecular weight excluding hydrogens is 278 g/mol. The first-order chi connectivity index (χ1) is 9.58. The van der Waals surface area contributed by atoms with Crippen molar-refractivity contribution in [3.05, 3.63) is 17.2 Å². The van der Waals surface area contributed by atoms with Gasteiger partial charge in [0.25, 0.3) is 0 Å².